The van der Waals surface area contributed by atoms with Gasteiger partial charge in [-0.2, -0.15) is 5.26 Å². The molecule has 0 bridgehead atoms. The molecule has 0 amide bonds. The Kier molecular flexibility index (Phi) is 2.51. The van der Waals surface area contributed by atoms with Gasteiger partial charge >= 0.3 is 0 Å². The Morgan fingerprint density at radius 3 is 3.29 bits per heavy atom. The van der Waals surface area contributed by atoms with Crippen LogP contribution in [-0.2, 0) is 13.1 Å². The van der Waals surface area contributed by atoms with E-state index >= 15 is 0 Å². The smallest absolute Gasteiger partial charge is 0.122 e. The van der Waals surface area contributed by atoms with Crippen molar-refractivity contribution in [2.75, 3.05) is 13.1 Å². The van der Waals surface area contributed by atoms with Crippen molar-refractivity contribution in [1.29, 1.82) is 5.26 Å². The maximum absolute atomic E-state index is 8.72. The van der Waals surface area contributed by atoms with Crippen LogP contribution in [0.4, 0.5) is 0 Å². The summed E-state index contributed by atoms with van der Waals surface area (Å²) >= 11 is 0. The van der Waals surface area contributed by atoms with Crippen LogP contribution >= 0.6 is 0 Å². The highest BCUT2D eigenvalue weighted by molar-refractivity contribution is 4.96. The summed E-state index contributed by atoms with van der Waals surface area (Å²) in [5.41, 5.74) is 0. The van der Waals surface area contributed by atoms with Gasteiger partial charge in [-0.3, -0.25) is 4.90 Å². The molecule has 2 rings (SSSR count). The third-order valence-corrected chi connectivity index (χ3v) is 2.58. The van der Waals surface area contributed by atoms with Crippen molar-refractivity contribution in [1.82, 2.24) is 14.5 Å². The second-order valence-electron chi connectivity index (χ2n) is 3.80. The van der Waals surface area contributed by atoms with E-state index in [1.165, 1.54) is 0 Å². The van der Waals surface area contributed by atoms with Crippen molar-refractivity contribution in [3.05, 3.63) is 18.2 Å². The first-order chi connectivity index (χ1) is 6.79. The Morgan fingerprint density at radius 1 is 1.64 bits per heavy atom. The van der Waals surface area contributed by atoms with Crippen LogP contribution in [0.2, 0.25) is 0 Å². The molecule has 0 radical (unpaired) electrons. The van der Waals surface area contributed by atoms with Gasteiger partial charge < -0.3 is 4.57 Å². The first-order valence-corrected chi connectivity index (χ1v) is 4.91. The monoisotopic (exact) mass is 190 g/mol. The number of rotatable bonds is 2. The average molecular weight is 190 g/mol. The van der Waals surface area contributed by atoms with E-state index in [2.05, 4.69) is 20.5 Å². The van der Waals surface area contributed by atoms with E-state index < -0.39 is 0 Å². The van der Waals surface area contributed by atoms with E-state index in [9.17, 15) is 0 Å². The van der Waals surface area contributed by atoms with Crippen LogP contribution in [0.25, 0.3) is 0 Å². The Hall–Kier alpha value is -1.34. The molecule has 1 aromatic heterocycles. The summed E-state index contributed by atoms with van der Waals surface area (Å²) in [5, 5.41) is 8.72. The van der Waals surface area contributed by atoms with Gasteiger partial charge in [0.25, 0.3) is 0 Å². The normalized spacial score (nSPS) is 18.6. The molecular weight excluding hydrogens is 176 g/mol. The third-order valence-electron chi connectivity index (χ3n) is 2.58. The molecule has 1 aliphatic rings. The second kappa shape index (κ2) is 3.81. The minimum absolute atomic E-state index is 0.108. The number of aromatic nitrogens is 2. The predicted octanol–water partition coefficient (Wildman–Crippen LogP) is 0.858. The Labute approximate surface area is 83.8 Å². The first-order valence-electron chi connectivity index (χ1n) is 4.91. The third kappa shape index (κ3) is 1.78. The fourth-order valence-electron chi connectivity index (χ4n) is 1.81. The summed E-state index contributed by atoms with van der Waals surface area (Å²) in [4.78, 5) is 6.57. The zero-order valence-corrected chi connectivity index (χ0v) is 8.35. The molecule has 1 unspecified atom stereocenters. The van der Waals surface area contributed by atoms with Gasteiger partial charge in [0, 0.05) is 32.0 Å². The van der Waals surface area contributed by atoms with E-state index in [-0.39, 0.29) is 5.92 Å². The lowest BCUT2D eigenvalue weighted by Gasteiger charge is -2.28. The molecule has 0 spiro atoms. The molecule has 4 heteroatoms. The topological polar surface area (TPSA) is 44.9 Å². The lowest BCUT2D eigenvalue weighted by molar-refractivity contribution is 0.203. The van der Waals surface area contributed by atoms with Crippen LogP contribution in [-0.4, -0.2) is 27.5 Å². The van der Waals surface area contributed by atoms with Crippen LogP contribution in [0.3, 0.4) is 0 Å². The van der Waals surface area contributed by atoms with Crippen molar-refractivity contribution in [2.45, 2.75) is 20.0 Å². The molecule has 0 fully saturated rings. The molecule has 0 aliphatic carbocycles. The molecule has 0 aromatic carbocycles. The predicted molar refractivity (Wildman–Crippen MR) is 52.3 cm³/mol. The summed E-state index contributed by atoms with van der Waals surface area (Å²) in [6, 6.07) is 2.26. The minimum Gasteiger partial charge on any atom is -0.333 e. The summed E-state index contributed by atoms with van der Waals surface area (Å²) in [6.07, 6.45) is 3.85. The fourth-order valence-corrected chi connectivity index (χ4v) is 1.81. The van der Waals surface area contributed by atoms with E-state index in [0.29, 0.717) is 0 Å². The summed E-state index contributed by atoms with van der Waals surface area (Å²) in [5.74, 6) is 1.22. The van der Waals surface area contributed by atoms with Crippen LogP contribution in [0.5, 0.6) is 0 Å². The van der Waals surface area contributed by atoms with Gasteiger partial charge in [-0.1, -0.05) is 0 Å². The molecule has 2 heterocycles. The fraction of sp³-hybridized carbons (Fsp3) is 0.600. The highest BCUT2D eigenvalue weighted by Crippen LogP contribution is 2.11. The Morgan fingerprint density at radius 2 is 2.50 bits per heavy atom. The number of hydrogen-bond donors (Lipinski definition) is 0. The van der Waals surface area contributed by atoms with Crippen molar-refractivity contribution in [3.63, 3.8) is 0 Å². The van der Waals surface area contributed by atoms with E-state index in [1.807, 2.05) is 19.3 Å². The highest BCUT2D eigenvalue weighted by Gasteiger charge is 2.17. The second-order valence-corrected chi connectivity index (χ2v) is 3.80. The van der Waals surface area contributed by atoms with Crippen molar-refractivity contribution in [2.24, 2.45) is 5.92 Å². The average Bonchev–Trinajstić information content (AvgIpc) is 2.64. The SMILES string of the molecule is CC(C#N)CN1CCn2ccnc2C1. The van der Waals surface area contributed by atoms with Crippen molar-refractivity contribution < 1.29 is 0 Å². The van der Waals surface area contributed by atoms with Crippen molar-refractivity contribution in [3.8, 4) is 6.07 Å². The van der Waals surface area contributed by atoms with E-state index in [0.717, 1.165) is 32.0 Å². The largest absolute Gasteiger partial charge is 0.333 e. The number of imidazole rings is 1. The standard InChI is InChI=1S/C10H14N4/c1-9(6-11)7-13-4-5-14-3-2-12-10(14)8-13/h2-3,9H,4-5,7-8H2,1H3. The van der Waals surface area contributed by atoms with Gasteiger partial charge in [0.05, 0.1) is 18.5 Å². The van der Waals surface area contributed by atoms with Crippen LogP contribution in [0, 0.1) is 17.2 Å². The van der Waals surface area contributed by atoms with Crippen LogP contribution < -0.4 is 0 Å². The van der Waals surface area contributed by atoms with Gasteiger partial charge in [-0.25, -0.2) is 4.98 Å². The minimum atomic E-state index is 0.108. The van der Waals surface area contributed by atoms with E-state index in [1.54, 1.807) is 0 Å². The first kappa shape index (κ1) is 9.22. The molecule has 1 atom stereocenters. The lowest BCUT2D eigenvalue weighted by atomic mass is 10.2. The molecule has 74 valence electrons. The van der Waals surface area contributed by atoms with Gasteiger partial charge in [0.2, 0.25) is 0 Å². The molecule has 0 saturated carbocycles. The molecule has 0 N–H and O–H groups in total. The molecular formula is C10H14N4. The molecule has 1 aromatic rings. The Balaban J connectivity index is 1.98. The van der Waals surface area contributed by atoms with Gasteiger partial charge in [0.15, 0.2) is 0 Å². The zero-order valence-electron chi connectivity index (χ0n) is 8.35. The van der Waals surface area contributed by atoms with Gasteiger partial charge in [-0.15, -0.1) is 0 Å². The molecule has 14 heavy (non-hydrogen) atoms. The Bertz CT molecular complexity index is 349. The number of fused-ring (bicyclic) bond motifs is 1. The van der Waals surface area contributed by atoms with Crippen LogP contribution in [0.15, 0.2) is 12.4 Å². The maximum Gasteiger partial charge on any atom is 0.122 e. The number of hydrogen-bond acceptors (Lipinski definition) is 3. The summed E-state index contributed by atoms with van der Waals surface area (Å²) < 4.78 is 2.17. The molecule has 1 aliphatic heterocycles. The van der Waals surface area contributed by atoms with Gasteiger partial charge in [-0.05, 0) is 6.92 Å². The summed E-state index contributed by atoms with van der Waals surface area (Å²) in [6.45, 7) is 5.70. The quantitative estimate of drug-likeness (QED) is 0.694. The van der Waals surface area contributed by atoms with Gasteiger partial charge in [0.1, 0.15) is 5.82 Å². The molecule has 4 nitrogen and oxygen atoms in total. The maximum atomic E-state index is 8.72. The summed E-state index contributed by atoms with van der Waals surface area (Å²) in [7, 11) is 0. The zero-order chi connectivity index (χ0) is 9.97. The highest BCUT2D eigenvalue weighted by atomic mass is 15.2. The number of nitrogens with zero attached hydrogens (tertiary/aromatic N) is 4. The van der Waals surface area contributed by atoms with Crippen LogP contribution in [0.1, 0.15) is 12.7 Å². The molecule has 0 saturated heterocycles. The lowest BCUT2D eigenvalue weighted by Crippen LogP contribution is -2.36. The number of nitriles is 1. The van der Waals surface area contributed by atoms with E-state index in [4.69, 9.17) is 5.26 Å². The van der Waals surface area contributed by atoms with Crippen molar-refractivity contribution >= 4 is 0 Å².